The lowest BCUT2D eigenvalue weighted by Gasteiger charge is -2.21. The molecule has 0 saturated heterocycles. The molecule has 0 aliphatic rings. The molecule has 3 heteroatoms. The van der Waals surface area contributed by atoms with E-state index in [1.807, 2.05) is 28.9 Å². The van der Waals surface area contributed by atoms with E-state index in [0.29, 0.717) is 11.8 Å². The van der Waals surface area contributed by atoms with Gasteiger partial charge in [-0.15, -0.1) is 22.7 Å². The van der Waals surface area contributed by atoms with Crippen LogP contribution >= 0.6 is 22.7 Å². The smallest absolute Gasteiger partial charge is 0.0943 e. The van der Waals surface area contributed by atoms with Crippen LogP contribution in [-0.2, 0) is 11.8 Å². The zero-order valence-electron chi connectivity index (χ0n) is 15.1. The zero-order chi connectivity index (χ0) is 17.3. The highest BCUT2D eigenvalue weighted by atomic mass is 32.1. The normalized spacial score (nSPS) is 13.6. The zero-order valence-corrected chi connectivity index (χ0v) is 16.8. The third-order valence-corrected chi connectivity index (χ3v) is 7.49. The Kier molecular flexibility index (Phi) is 5.03. The van der Waals surface area contributed by atoms with Gasteiger partial charge >= 0.3 is 0 Å². The van der Waals surface area contributed by atoms with E-state index < -0.39 is 0 Å². The molecule has 0 saturated carbocycles. The van der Waals surface area contributed by atoms with E-state index in [-0.39, 0.29) is 5.41 Å². The predicted molar refractivity (Wildman–Crippen MR) is 106 cm³/mol. The molecule has 128 valence electrons. The number of furan rings is 1. The number of hydrogen-bond acceptors (Lipinski definition) is 3. The van der Waals surface area contributed by atoms with Crippen LogP contribution in [0.1, 0.15) is 72.2 Å². The van der Waals surface area contributed by atoms with Crippen LogP contribution in [0.15, 0.2) is 46.6 Å². The van der Waals surface area contributed by atoms with Gasteiger partial charge in [0.05, 0.1) is 12.5 Å². The van der Waals surface area contributed by atoms with Gasteiger partial charge < -0.3 is 4.42 Å². The summed E-state index contributed by atoms with van der Waals surface area (Å²) >= 11 is 3.83. The average molecular weight is 359 g/mol. The molecular weight excluding hydrogens is 332 g/mol. The van der Waals surface area contributed by atoms with Crippen LogP contribution in [-0.4, -0.2) is 0 Å². The molecule has 0 amide bonds. The van der Waals surface area contributed by atoms with Crippen molar-refractivity contribution in [3.8, 4) is 0 Å². The summed E-state index contributed by atoms with van der Waals surface area (Å²) in [5.41, 5.74) is 2.69. The third-order valence-electron chi connectivity index (χ3n) is 4.81. The molecule has 0 aliphatic carbocycles. The summed E-state index contributed by atoms with van der Waals surface area (Å²) in [6.45, 7) is 11.4. The Labute approximate surface area is 153 Å². The maximum absolute atomic E-state index is 5.28. The molecule has 0 aliphatic heterocycles. The second kappa shape index (κ2) is 6.89. The van der Waals surface area contributed by atoms with Crippen molar-refractivity contribution >= 4 is 22.7 Å². The van der Waals surface area contributed by atoms with E-state index in [1.54, 1.807) is 6.26 Å². The molecule has 1 nitrogen and oxygen atoms in total. The molecule has 3 heterocycles. The second-order valence-corrected chi connectivity index (χ2v) is 9.56. The van der Waals surface area contributed by atoms with Gasteiger partial charge in [0.25, 0.3) is 0 Å². The van der Waals surface area contributed by atoms with Crippen molar-refractivity contribution in [2.75, 3.05) is 0 Å². The molecule has 3 rings (SSSR count). The van der Waals surface area contributed by atoms with Gasteiger partial charge in [0, 0.05) is 25.6 Å². The summed E-state index contributed by atoms with van der Waals surface area (Å²) in [7, 11) is 0. The highest BCUT2D eigenvalue weighted by Crippen LogP contribution is 2.38. The van der Waals surface area contributed by atoms with Crippen LogP contribution in [0, 0.1) is 0 Å². The van der Waals surface area contributed by atoms with E-state index in [9.17, 15) is 0 Å². The molecule has 24 heavy (non-hydrogen) atoms. The molecule has 0 radical (unpaired) electrons. The Morgan fingerprint density at radius 1 is 1.12 bits per heavy atom. The van der Waals surface area contributed by atoms with E-state index in [0.717, 1.165) is 6.42 Å². The fourth-order valence-electron chi connectivity index (χ4n) is 2.93. The van der Waals surface area contributed by atoms with E-state index in [2.05, 4.69) is 64.3 Å². The van der Waals surface area contributed by atoms with Gasteiger partial charge in [0.1, 0.15) is 0 Å². The number of thiophene rings is 2. The number of rotatable bonds is 6. The minimum Gasteiger partial charge on any atom is -0.472 e. The third kappa shape index (κ3) is 3.52. The molecular formula is C21H26OS2. The first-order valence-corrected chi connectivity index (χ1v) is 10.3. The van der Waals surface area contributed by atoms with Crippen LogP contribution in [0.25, 0.3) is 0 Å². The molecule has 1 unspecified atom stereocenters. The maximum atomic E-state index is 5.28. The van der Waals surface area contributed by atoms with Crippen LogP contribution in [0.5, 0.6) is 0 Å². The molecule has 0 bridgehead atoms. The monoisotopic (exact) mass is 358 g/mol. The van der Waals surface area contributed by atoms with Crippen molar-refractivity contribution in [3.05, 3.63) is 67.9 Å². The summed E-state index contributed by atoms with van der Waals surface area (Å²) in [5.74, 6) is 1.18. The van der Waals surface area contributed by atoms with Gasteiger partial charge in [0.2, 0.25) is 0 Å². The van der Waals surface area contributed by atoms with Crippen molar-refractivity contribution in [2.45, 2.75) is 58.3 Å². The lowest BCUT2D eigenvalue weighted by molar-refractivity contribution is 0.551. The fourth-order valence-corrected chi connectivity index (χ4v) is 5.26. The Hall–Kier alpha value is -1.32. The van der Waals surface area contributed by atoms with E-state index in [1.165, 1.54) is 25.8 Å². The summed E-state index contributed by atoms with van der Waals surface area (Å²) in [5, 5.41) is 2.33. The fraction of sp³-hybridized carbons (Fsp3) is 0.429. The van der Waals surface area contributed by atoms with Crippen molar-refractivity contribution in [3.63, 3.8) is 0 Å². The minimum atomic E-state index is 0.00335. The van der Waals surface area contributed by atoms with Crippen molar-refractivity contribution in [1.29, 1.82) is 0 Å². The second-order valence-electron chi connectivity index (χ2n) is 7.45. The van der Waals surface area contributed by atoms with Crippen molar-refractivity contribution in [2.24, 2.45) is 0 Å². The van der Waals surface area contributed by atoms with Gasteiger partial charge in [-0.05, 0) is 53.5 Å². The van der Waals surface area contributed by atoms with Gasteiger partial charge in [-0.1, -0.05) is 34.6 Å². The lowest BCUT2D eigenvalue weighted by Crippen LogP contribution is -2.16. The molecule has 0 N–H and O–H groups in total. The maximum Gasteiger partial charge on any atom is 0.0943 e. The molecule has 0 spiro atoms. The molecule has 0 aromatic carbocycles. The minimum absolute atomic E-state index is 0.00335. The average Bonchev–Trinajstić information content (AvgIpc) is 3.28. The first kappa shape index (κ1) is 17.5. The molecule has 3 aromatic heterocycles. The van der Waals surface area contributed by atoms with Crippen LogP contribution < -0.4 is 0 Å². The van der Waals surface area contributed by atoms with Crippen molar-refractivity contribution in [1.82, 2.24) is 0 Å². The topological polar surface area (TPSA) is 13.1 Å². The van der Waals surface area contributed by atoms with E-state index in [4.69, 9.17) is 4.42 Å². The Balaban J connectivity index is 1.75. The molecule has 3 aromatic rings. The van der Waals surface area contributed by atoms with E-state index >= 15 is 0 Å². The van der Waals surface area contributed by atoms with Gasteiger partial charge in [-0.2, -0.15) is 0 Å². The highest BCUT2D eigenvalue weighted by molar-refractivity contribution is 7.12. The van der Waals surface area contributed by atoms with Crippen LogP contribution in [0.2, 0.25) is 0 Å². The largest absolute Gasteiger partial charge is 0.472 e. The standard InChI is InChI=1S/C21H26OS2/c1-14(2)19-7-6-18(24-19)10-15(3)16-11-20(23-13-16)21(4,5)17-8-9-22-12-17/h6-9,11-15H,10H2,1-5H3. The van der Waals surface area contributed by atoms with Gasteiger partial charge in [-0.25, -0.2) is 0 Å². The van der Waals surface area contributed by atoms with Crippen molar-refractivity contribution < 1.29 is 4.42 Å². The summed E-state index contributed by atoms with van der Waals surface area (Å²) in [6.07, 6.45) is 4.75. The summed E-state index contributed by atoms with van der Waals surface area (Å²) in [4.78, 5) is 4.39. The Morgan fingerprint density at radius 3 is 2.54 bits per heavy atom. The summed E-state index contributed by atoms with van der Waals surface area (Å²) < 4.78 is 5.28. The van der Waals surface area contributed by atoms with Gasteiger partial charge in [-0.3, -0.25) is 0 Å². The number of hydrogen-bond donors (Lipinski definition) is 0. The van der Waals surface area contributed by atoms with Crippen LogP contribution in [0.3, 0.4) is 0 Å². The Morgan fingerprint density at radius 2 is 1.92 bits per heavy atom. The Bertz CT molecular complexity index is 774. The lowest BCUT2D eigenvalue weighted by atomic mass is 9.84. The molecule has 1 atom stereocenters. The summed E-state index contributed by atoms with van der Waals surface area (Å²) in [6, 6.07) is 9.05. The molecule has 0 fully saturated rings. The quantitative estimate of drug-likeness (QED) is 0.454. The first-order chi connectivity index (χ1) is 11.4. The highest BCUT2D eigenvalue weighted by Gasteiger charge is 2.26. The van der Waals surface area contributed by atoms with Gasteiger partial charge in [0.15, 0.2) is 0 Å². The predicted octanol–water partition coefficient (Wildman–Crippen LogP) is 7.20. The SMILES string of the molecule is CC(C)c1ccc(CC(C)c2csc(C(C)(C)c3ccoc3)c2)s1. The first-order valence-electron chi connectivity index (χ1n) is 8.58. The van der Waals surface area contributed by atoms with Crippen LogP contribution in [0.4, 0.5) is 0 Å².